The van der Waals surface area contributed by atoms with E-state index >= 15 is 0 Å². The van der Waals surface area contributed by atoms with Crippen LogP contribution >= 0.6 is 0 Å². The third-order valence-electron chi connectivity index (χ3n) is 3.13. The van der Waals surface area contributed by atoms with E-state index in [-0.39, 0.29) is 11.9 Å². The third-order valence-corrected chi connectivity index (χ3v) is 3.13. The number of nitrogen functional groups attached to an aromatic ring is 1. The van der Waals surface area contributed by atoms with E-state index in [1.54, 1.807) is 0 Å². The van der Waals surface area contributed by atoms with Crippen molar-refractivity contribution in [2.75, 3.05) is 12.3 Å². The number of nitrogens with two attached hydrogens (primary N) is 1. The number of para-hydroxylation sites is 1. The summed E-state index contributed by atoms with van der Waals surface area (Å²) in [5.41, 5.74) is 7.51. The number of carbonyl (C=O) groups excluding carboxylic acids is 1. The van der Waals surface area contributed by atoms with Crippen molar-refractivity contribution < 1.29 is 4.79 Å². The molecule has 0 aliphatic carbocycles. The molecule has 4 heteroatoms. The highest BCUT2D eigenvalue weighted by molar-refractivity contribution is 5.81. The highest BCUT2D eigenvalue weighted by Crippen LogP contribution is 2.11. The molecule has 4 nitrogen and oxygen atoms in total. The highest BCUT2D eigenvalue weighted by Gasteiger charge is 2.19. The second-order valence-electron chi connectivity index (χ2n) is 4.42. The van der Waals surface area contributed by atoms with Crippen molar-refractivity contribution in [1.29, 1.82) is 0 Å². The van der Waals surface area contributed by atoms with Crippen molar-refractivity contribution in [2.24, 2.45) is 0 Å². The van der Waals surface area contributed by atoms with Gasteiger partial charge in [0.05, 0.1) is 6.04 Å². The molecule has 0 spiro atoms. The maximum atomic E-state index is 11.9. The summed E-state index contributed by atoms with van der Waals surface area (Å²) in [6, 6.07) is 7.57. The van der Waals surface area contributed by atoms with E-state index in [1.807, 2.05) is 24.3 Å². The first kappa shape index (κ1) is 11.9. The van der Waals surface area contributed by atoms with Crippen LogP contribution < -0.4 is 16.4 Å². The third kappa shape index (κ3) is 3.20. The maximum absolute atomic E-state index is 11.9. The second-order valence-corrected chi connectivity index (χ2v) is 4.42. The van der Waals surface area contributed by atoms with Crippen LogP contribution in [-0.4, -0.2) is 18.5 Å². The van der Waals surface area contributed by atoms with Crippen LogP contribution in [-0.2, 0) is 11.3 Å². The van der Waals surface area contributed by atoms with E-state index in [2.05, 4.69) is 10.6 Å². The summed E-state index contributed by atoms with van der Waals surface area (Å²) >= 11 is 0. The smallest absolute Gasteiger partial charge is 0.237 e. The van der Waals surface area contributed by atoms with Gasteiger partial charge < -0.3 is 16.4 Å². The minimum absolute atomic E-state index is 0.0336. The number of piperidine rings is 1. The number of amides is 1. The minimum Gasteiger partial charge on any atom is -0.398 e. The van der Waals surface area contributed by atoms with Gasteiger partial charge in [0.25, 0.3) is 0 Å². The first-order valence-corrected chi connectivity index (χ1v) is 6.12. The topological polar surface area (TPSA) is 67.1 Å². The summed E-state index contributed by atoms with van der Waals surface area (Å²) in [6.07, 6.45) is 3.21. The number of hydrogen-bond acceptors (Lipinski definition) is 3. The van der Waals surface area contributed by atoms with Crippen molar-refractivity contribution >= 4 is 11.6 Å². The molecule has 1 fully saturated rings. The lowest BCUT2D eigenvalue weighted by Gasteiger charge is -2.22. The van der Waals surface area contributed by atoms with Crippen LogP contribution in [0, 0.1) is 0 Å². The molecule has 1 unspecified atom stereocenters. The minimum atomic E-state index is -0.0336. The van der Waals surface area contributed by atoms with Gasteiger partial charge in [-0.15, -0.1) is 0 Å². The molecule has 1 aromatic carbocycles. The van der Waals surface area contributed by atoms with Gasteiger partial charge in [-0.25, -0.2) is 0 Å². The number of rotatable bonds is 3. The first-order valence-electron chi connectivity index (χ1n) is 6.12. The summed E-state index contributed by atoms with van der Waals surface area (Å²) in [5.74, 6) is 0.0768. The van der Waals surface area contributed by atoms with E-state index in [1.165, 1.54) is 0 Å². The van der Waals surface area contributed by atoms with Gasteiger partial charge >= 0.3 is 0 Å². The molecule has 1 saturated heterocycles. The van der Waals surface area contributed by atoms with Crippen LogP contribution in [0.2, 0.25) is 0 Å². The lowest BCUT2D eigenvalue weighted by atomic mass is 10.0. The SMILES string of the molecule is Nc1ccccc1CNC(=O)C1CCCCN1. The Morgan fingerprint density at radius 3 is 2.94 bits per heavy atom. The Hall–Kier alpha value is -1.55. The van der Waals surface area contributed by atoms with Crippen molar-refractivity contribution in [3.05, 3.63) is 29.8 Å². The predicted octanol–water partition coefficient (Wildman–Crippen LogP) is 1.03. The van der Waals surface area contributed by atoms with Gasteiger partial charge in [-0.05, 0) is 31.0 Å². The number of benzene rings is 1. The summed E-state index contributed by atoms with van der Waals surface area (Å²) in [4.78, 5) is 11.9. The zero-order chi connectivity index (χ0) is 12.1. The van der Waals surface area contributed by atoms with E-state index in [9.17, 15) is 4.79 Å². The van der Waals surface area contributed by atoms with Gasteiger partial charge in [-0.3, -0.25) is 4.79 Å². The van der Waals surface area contributed by atoms with Crippen molar-refractivity contribution in [1.82, 2.24) is 10.6 Å². The molecule has 0 radical (unpaired) electrons. The van der Waals surface area contributed by atoms with E-state index in [0.29, 0.717) is 6.54 Å². The van der Waals surface area contributed by atoms with Crippen LogP contribution in [0.1, 0.15) is 24.8 Å². The van der Waals surface area contributed by atoms with Gasteiger partial charge in [-0.1, -0.05) is 24.6 Å². The molecule has 0 saturated carbocycles. The summed E-state index contributed by atoms with van der Waals surface area (Å²) < 4.78 is 0. The fourth-order valence-electron chi connectivity index (χ4n) is 2.08. The molecule has 2 rings (SSSR count). The molecule has 0 bridgehead atoms. The summed E-state index contributed by atoms with van der Waals surface area (Å²) in [6.45, 7) is 1.44. The molecule has 1 aromatic rings. The fraction of sp³-hybridized carbons (Fsp3) is 0.462. The van der Waals surface area contributed by atoms with Gasteiger partial charge in [0.15, 0.2) is 0 Å². The molecule has 17 heavy (non-hydrogen) atoms. The van der Waals surface area contributed by atoms with Gasteiger partial charge in [0.1, 0.15) is 0 Å². The van der Waals surface area contributed by atoms with Crippen LogP contribution in [0.5, 0.6) is 0 Å². The molecule has 1 amide bonds. The Morgan fingerprint density at radius 2 is 2.24 bits per heavy atom. The molecular weight excluding hydrogens is 214 g/mol. The highest BCUT2D eigenvalue weighted by atomic mass is 16.2. The molecule has 92 valence electrons. The summed E-state index contributed by atoms with van der Waals surface area (Å²) in [5, 5.41) is 6.15. The van der Waals surface area contributed by atoms with Crippen LogP contribution in [0.4, 0.5) is 5.69 Å². The Kier molecular flexibility index (Phi) is 3.98. The Morgan fingerprint density at radius 1 is 1.41 bits per heavy atom. The maximum Gasteiger partial charge on any atom is 0.237 e. The van der Waals surface area contributed by atoms with E-state index < -0.39 is 0 Å². The molecular formula is C13H19N3O. The van der Waals surface area contributed by atoms with Crippen molar-refractivity contribution in [2.45, 2.75) is 31.8 Å². The largest absolute Gasteiger partial charge is 0.398 e. The van der Waals surface area contributed by atoms with Gasteiger partial charge in [-0.2, -0.15) is 0 Å². The standard InChI is InChI=1S/C13H19N3O/c14-11-6-2-1-5-10(11)9-16-13(17)12-7-3-4-8-15-12/h1-2,5-6,12,15H,3-4,7-9,14H2,(H,16,17). The van der Waals surface area contributed by atoms with Gasteiger partial charge in [0, 0.05) is 12.2 Å². The zero-order valence-corrected chi connectivity index (χ0v) is 9.91. The lowest BCUT2D eigenvalue weighted by Crippen LogP contribution is -2.46. The van der Waals surface area contributed by atoms with Crippen LogP contribution in [0.15, 0.2) is 24.3 Å². The monoisotopic (exact) mass is 233 g/mol. The first-order chi connectivity index (χ1) is 8.27. The Labute approximate surface area is 102 Å². The predicted molar refractivity (Wildman–Crippen MR) is 68.3 cm³/mol. The Bertz CT molecular complexity index is 386. The van der Waals surface area contributed by atoms with Crippen molar-refractivity contribution in [3.63, 3.8) is 0 Å². The van der Waals surface area contributed by atoms with E-state index in [0.717, 1.165) is 37.1 Å². The second kappa shape index (κ2) is 5.68. The quantitative estimate of drug-likeness (QED) is 0.683. The number of nitrogens with one attached hydrogen (secondary N) is 2. The average molecular weight is 233 g/mol. The van der Waals surface area contributed by atoms with Crippen molar-refractivity contribution in [3.8, 4) is 0 Å². The zero-order valence-electron chi connectivity index (χ0n) is 9.91. The fourth-order valence-corrected chi connectivity index (χ4v) is 2.08. The number of carbonyl (C=O) groups is 1. The lowest BCUT2D eigenvalue weighted by molar-refractivity contribution is -0.123. The normalized spacial score (nSPS) is 19.9. The van der Waals surface area contributed by atoms with E-state index in [4.69, 9.17) is 5.73 Å². The molecule has 4 N–H and O–H groups in total. The molecule has 0 aromatic heterocycles. The van der Waals surface area contributed by atoms with Crippen LogP contribution in [0.3, 0.4) is 0 Å². The molecule has 1 aliphatic rings. The molecule has 1 atom stereocenters. The van der Waals surface area contributed by atoms with Gasteiger partial charge in [0.2, 0.25) is 5.91 Å². The van der Waals surface area contributed by atoms with Crippen LogP contribution in [0.25, 0.3) is 0 Å². The average Bonchev–Trinajstić information content (AvgIpc) is 2.38. The summed E-state index contributed by atoms with van der Waals surface area (Å²) in [7, 11) is 0. The molecule has 1 aliphatic heterocycles. The molecule has 1 heterocycles. The number of anilines is 1. The number of hydrogen-bond donors (Lipinski definition) is 3. The Balaban J connectivity index is 1.85.